The topological polar surface area (TPSA) is 86.7 Å². The van der Waals surface area contributed by atoms with Gasteiger partial charge in [-0.2, -0.15) is 0 Å². The number of hydrogen-bond donors (Lipinski definition) is 4. The van der Waals surface area contributed by atoms with Crippen molar-refractivity contribution in [2.24, 2.45) is 5.73 Å². The predicted molar refractivity (Wildman–Crippen MR) is 53.4 cm³/mol. The Labute approximate surface area is 82.6 Å². The van der Waals surface area contributed by atoms with E-state index >= 15 is 0 Å². The molecule has 1 unspecified atom stereocenters. The van der Waals surface area contributed by atoms with Crippen LogP contribution in [0.5, 0.6) is 17.2 Å². The molecule has 0 fully saturated rings. The summed E-state index contributed by atoms with van der Waals surface area (Å²) in [5.74, 6) is -0.596. The maximum Gasteiger partial charge on any atom is 0.161 e. The summed E-state index contributed by atoms with van der Waals surface area (Å²) < 4.78 is 0. The number of phenols is 3. The van der Waals surface area contributed by atoms with Gasteiger partial charge in [0.15, 0.2) is 11.5 Å². The molecule has 0 bridgehead atoms. The fraction of sp³-hybridized carbons (Fsp3) is 0.400. The van der Waals surface area contributed by atoms with Gasteiger partial charge in [0.25, 0.3) is 0 Å². The summed E-state index contributed by atoms with van der Waals surface area (Å²) in [6.45, 7) is 1.95. The monoisotopic (exact) mass is 197 g/mol. The third kappa shape index (κ3) is 2.29. The number of aromatic hydroxyl groups is 3. The Bertz CT molecular complexity index is 325. The van der Waals surface area contributed by atoms with E-state index < -0.39 is 0 Å². The van der Waals surface area contributed by atoms with Gasteiger partial charge in [0.2, 0.25) is 0 Å². The van der Waals surface area contributed by atoms with Crippen LogP contribution in [0.2, 0.25) is 0 Å². The number of phenolic OH excluding ortho intramolecular Hbond substituents is 3. The van der Waals surface area contributed by atoms with E-state index in [2.05, 4.69) is 0 Å². The quantitative estimate of drug-likeness (QED) is 0.431. The Morgan fingerprint density at radius 3 is 2.29 bits per heavy atom. The van der Waals surface area contributed by atoms with Gasteiger partial charge in [-0.1, -0.05) is 6.92 Å². The zero-order valence-corrected chi connectivity index (χ0v) is 8.07. The smallest absolute Gasteiger partial charge is 0.161 e. The zero-order chi connectivity index (χ0) is 10.7. The van der Waals surface area contributed by atoms with Crippen LogP contribution in [0.25, 0.3) is 0 Å². The molecule has 0 amide bonds. The molecule has 0 saturated heterocycles. The molecule has 0 radical (unpaired) electrons. The SMILES string of the molecule is CCC(N)Cc1cc(O)c(O)cc1O. The zero-order valence-electron chi connectivity index (χ0n) is 8.07. The minimum atomic E-state index is -0.323. The van der Waals surface area contributed by atoms with Gasteiger partial charge < -0.3 is 21.1 Å². The lowest BCUT2D eigenvalue weighted by atomic mass is 10.0. The van der Waals surface area contributed by atoms with Crippen LogP contribution in [-0.2, 0) is 6.42 Å². The average Bonchev–Trinajstić information content (AvgIpc) is 2.14. The van der Waals surface area contributed by atoms with Gasteiger partial charge in [-0.15, -0.1) is 0 Å². The van der Waals surface area contributed by atoms with Crippen LogP contribution in [0.4, 0.5) is 0 Å². The molecular weight excluding hydrogens is 182 g/mol. The molecule has 0 aromatic heterocycles. The molecule has 0 heterocycles. The average molecular weight is 197 g/mol. The van der Waals surface area contributed by atoms with E-state index in [1.807, 2.05) is 6.92 Å². The molecule has 0 aliphatic heterocycles. The Kier molecular flexibility index (Phi) is 3.19. The van der Waals surface area contributed by atoms with Crippen LogP contribution in [0.15, 0.2) is 12.1 Å². The maximum absolute atomic E-state index is 9.43. The summed E-state index contributed by atoms with van der Waals surface area (Å²) in [5, 5.41) is 27.7. The lowest BCUT2D eigenvalue weighted by Crippen LogP contribution is -2.21. The van der Waals surface area contributed by atoms with E-state index in [9.17, 15) is 10.2 Å². The van der Waals surface area contributed by atoms with Crippen molar-refractivity contribution >= 4 is 0 Å². The second kappa shape index (κ2) is 4.19. The fourth-order valence-electron chi connectivity index (χ4n) is 1.20. The van der Waals surface area contributed by atoms with Gasteiger partial charge >= 0.3 is 0 Å². The minimum Gasteiger partial charge on any atom is -0.508 e. The number of nitrogens with two attached hydrogens (primary N) is 1. The van der Waals surface area contributed by atoms with Crippen molar-refractivity contribution in [1.82, 2.24) is 0 Å². The molecule has 1 aromatic rings. The maximum atomic E-state index is 9.43. The minimum absolute atomic E-state index is 0.0378. The number of hydrogen-bond acceptors (Lipinski definition) is 4. The molecule has 0 saturated carbocycles. The molecule has 0 aliphatic carbocycles. The van der Waals surface area contributed by atoms with Gasteiger partial charge in [-0.05, 0) is 24.5 Å². The molecule has 4 nitrogen and oxygen atoms in total. The first-order valence-corrected chi connectivity index (χ1v) is 4.54. The second-order valence-corrected chi connectivity index (χ2v) is 3.34. The largest absolute Gasteiger partial charge is 0.508 e. The van der Waals surface area contributed by atoms with Gasteiger partial charge in [0.1, 0.15) is 5.75 Å². The van der Waals surface area contributed by atoms with Crippen molar-refractivity contribution in [1.29, 1.82) is 0 Å². The summed E-state index contributed by atoms with van der Waals surface area (Å²) in [6, 6.07) is 2.40. The molecule has 78 valence electrons. The van der Waals surface area contributed by atoms with Gasteiger partial charge in [-0.3, -0.25) is 0 Å². The van der Waals surface area contributed by atoms with E-state index in [-0.39, 0.29) is 23.3 Å². The molecule has 0 aliphatic rings. The first-order chi connectivity index (χ1) is 6.54. The van der Waals surface area contributed by atoms with Gasteiger partial charge in [0.05, 0.1) is 0 Å². The lowest BCUT2D eigenvalue weighted by Gasteiger charge is -2.11. The van der Waals surface area contributed by atoms with Gasteiger partial charge in [-0.25, -0.2) is 0 Å². The lowest BCUT2D eigenvalue weighted by molar-refractivity contribution is 0.393. The van der Waals surface area contributed by atoms with E-state index in [4.69, 9.17) is 10.8 Å². The van der Waals surface area contributed by atoms with Crippen LogP contribution in [0, 0.1) is 0 Å². The summed E-state index contributed by atoms with van der Waals surface area (Å²) in [6.07, 6.45) is 1.28. The molecular formula is C10H15NO3. The first kappa shape index (κ1) is 10.7. The highest BCUT2D eigenvalue weighted by Crippen LogP contribution is 2.32. The van der Waals surface area contributed by atoms with Crippen LogP contribution < -0.4 is 5.73 Å². The molecule has 4 heteroatoms. The molecule has 1 aromatic carbocycles. The Hall–Kier alpha value is -1.42. The predicted octanol–water partition coefficient (Wildman–Crippen LogP) is 1.08. The summed E-state index contributed by atoms with van der Waals surface area (Å²) >= 11 is 0. The Balaban J connectivity index is 2.92. The summed E-state index contributed by atoms with van der Waals surface area (Å²) in [7, 11) is 0. The van der Waals surface area contributed by atoms with E-state index in [0.29, 0.717) is 12.0 Å². The number of rotatable bonds is 3. The van der Waals surface area contributed by atoms with Crippen molar-refractivity contribution in [2.45, 2.75) is 25.8 Å². The normalized spacial score (nSPS) is 12.7. The highest BCUT2D eigenvalue weighted by molar-refractivity contribution is 5.48. The molecule has 1 atom stereocenters. The highest BCUT2D eigenvalue weighted by Gasteiger charge is 2.10. The Morgan fingerprint density at radius 1 is 1.14 bits per heavy atom. The standard InChI is InChI=1S/C10H15NO3/c1-2-7(11)3-6-4-9(13)10(14)5-8(6)12/h4-5,7,12-14H,2-3,11H2,1H3. The summed E-state index contributed by atoms with van der Waals surface area (Å²) in [4.78, 5) is 0. The summed E-state index contributed by atoms with van der Waals surface area (Å²) in [5.41, 5.74) is 6.26. The van der Waals surface area contributed by atoms with Crippen molar-refractivity contribution in [2.75, 3.05) is 0 Å². The van der Waals surface area contributed by atoms with Crippen molar-refractivity contribution in [3.63, 3.8) is 0 Å². The van der Waals surface area contributed by atoms with Gasteiger partial charge in [0, 0.05) is 12.1 Å². The van der Waals surface area contributed by atoms with Crippen LogP contribution >= 0.6 is 0 Å². The van der Waals surface area contributed by atoms with Crippen molar-refractivity contribution in [3.05, 3.63) is 17.7 Å². The Morgan fingerprint density at radius 2 is 1.71 bits per heavy atom. The second-order valence-electron chi connectivity index (χ2n) is 3.34. The molecule has 14 heavy (non-hydrogen) atoms. The van der Waals surface area contributed by atoms with E-state index in [1.54, 1.807) is 0 Å². The third-order valence-electron chi connectivity index (χ3n) is 2.18. The highest BCUT2D eigenvalue weighted by atomic mass is 16.3. The van der Waals surface area contributed by atoms with Crippen LogP contribution in [-0.4, -0.2) is 21.4 Å². The molecule has 0 spiro atoms. The van der Waals surface area contributed by atoms with Crippen LogP contribution in [0.1, 0.15) is 18.9 Å². The van der Waals surface area contributed by atoms with E-state index in [0.717, 1.165) is 12.5 Å². The van der Waals surface area contributed by atoms with Crippen LogP contribution in [0.3, 0.4) is 0 Å². The first-order valence-electron chi connectivity index (χ1n) is 4.54. The van der Waals surface area contributed by atoms with Crippen molar-refractivity contribution < 1.29 is 15.3 Å². The molecule has 1 rings (SSSR count). The molecule has 5 N–H and O–H groups in total. The third-order valence-corrected chi connectivity index (χ3v) is 2.18. The number of benzene rings is 1. The van der Waals surface area contributed by atoms with E-state index in [1.165, 1.54) is 6.07 Å². The van der Waals surface area contributed by atoms with Crippen molar-refractivity contribution in [3.8, 4) is 17.2 Å². The fourth-order valence-corrected chi connectivity index (χ4v) is 1.20.